The lowest BCUT2D eigenvalue weighted by molar-refractivity contribution is 0.483. The molecule has 27 heavy (non-hydrogen) atoms. The van der Waals surface area contributed by atoms with Crippen molar-refractivity contribution in [2.75, 3.05) is 10.6 Å². The zero-order valence-corrected chi connectivity index (χ0v) is 14.4. The number of ether oxygens (including phenoxy) is 1. The van der Waals surface area contributed by atoms with Gasteiger partial charge >= 0.3 is 0 Å². The van der Waals surface area contributed by atoms with Gasteiger partial charge in [0.2, 0.25) is 0 Å². The van der Waals surface area contributed by atoms with Gasteiger partial charge in [-0.15, -0.1) is 0 Å². The van der Waals surface area contributed by atoms with Crippen LogP contribution in [0.2, 0.25) is 0 Å². The normalized spacial score (nSPS) is 10.2. The minimum Gasteiger partial charge on any atom is -0.457 e. The molecule has 0 unspecified atom stereocenters. The van der Waals surface area contributed by atoms with Gasteiger partial charge in [0.1, 0.15) is 35.3 Å². The lowest BCUT2D eigenvalue weighted by Crippen LogP contribution is -1.99. The van der Waals surface area contributed by atoms with E-state index >= 15 is 0 Å². The molecule has 0 saturated carbocycles. The summed E-state index contributed by atoms with van der Waals surface area (Å²) in [7, 11) is 0. The number of pyridine rings is 1. The monoisotopic (exact) mass is 355 g/mol. The Morgan fingerprint density at radius 2 is 1.30 bits per heavy atom. The van der Waals surface area contributed by atoms with Crippen LogP contribution >= 0.6 is 0 Å². The summed E-state index contributed by atoms with van der Waals surface area (Å²) in [6.07, 6.45) is 3.22. The average Bonchev–Trinajstić information content (AvgIpc) is 2.71. The molecule has 2 aromatic heterocycles. The number of anilines is 4. The van der Waals surface area contributed by atoms with Crippen LogP contribution in [0.25, 0.3) is 0 Å². The summed E-state index contributed by atoms with van der Waals surface area (Å²) in [6, 6.07) is 24.8. The van der Waals surface area contributed by atoms with E-state index in [1.54, 1.807) is 6.20 Å². The van der Waals surface area contributed by atoms with Crippen molar-refractivity contribution in [2.24, 2.45) is 0 Å². The van der Waals surface area contributed by atoms with E-state index in [2.05, 4.69) is 25.6 Å². The second kappa shape index (κ2) is 7.97. The van der Waals surface area contributed by atoms with Gasteiger partial charge in [-0.05, 0) is 48.5 Å². The zero-order valence-electron chi connectivity index (χ0n) is 14.4. The molecule has 2 heterocycles. The van der Waals surface area contributed by atoms with Gasteiger partial charge in [-0.2, -0.15) is 0 Å². The minimum absolute atomic E-state index is 0.662. The van der Waals surface area contributed by atoms with E-state index in [9.17, 15) is 0 Å². The molecule has 6 heteroatoms. The molecule has 6 nitrogen and oxygen atoms in total. The lowest BCUT2D eigenvalue weighted by Gasteiger charge is -2.09. The standard InChI is InChI=1S/C21H17N5O/c1-2-6-17(7-3-1)27-18-11-9-16(10-12-18)25-20-14-21(24-15-23-20)26-19-8-4-5-13-22-19/h1-15H,(H2,22,23,24,25,26). The van der Waals surface area contributed by atoms with E-state index in [0.29, 0.717) is 11.6 Å². The van der Waals surface area contributed by atoms with Crippen LogP contribution in [0.1, 0.15) is 0 Å². The first kappa shape index (κ1) is 16.5. The molecule has 0 saturated heterocycles. The van der Waals surface area contributed by atoms with Crippen LogP contribution < -0.4 is 15.4 Å². The Labute approximate surface area is 156 Å². The fourth-order valence-electron chi connectivity index (χ4n) is 2.44. The maximum Gasteiger partial charge on any atom is 0.137 e. The van der Waals surface area contributed by atoms with Crippen molar-refractivity contribution < 1.29 is 4.74 Å². The van der Waals surface area contributed by atoms with Crippen LogP contribution in [0.3, 0.4) is 0 Å². The molecule has 0 spiro atoms. The van der Waals surface area contributed by atoms with Crippen LogP contribution in [0.5, 0.6) is 11.5 Å². The smallest absolute Gasteiger partial charge is 0.137 e. The molecular formula is C21H17N5O. The van der Waals surface area contributed by atoms with Gasteiger partial charge in [0.05, 0.1) is 0 Å². The van der Waals surface area contributed by atoms with Crippen molar-refractivity contribution in [3.8, 4) is 11.5 Å². The van der Waals surface area contributed by atoms with Crippen LogP contribution in [-0.2, 0) is 0 Å². The Morgan fingerprint density at radius 3 is 2.04 bits per heavy atom. The number of para-hydroxylation sites is 1. The number of aromatic nitrogens is 3. The van der Waals surface area contributed by atoms with Crippen molar-refractivity contribution in [3.63, 3.8) is 0 Å². The van der Waals surface area contributed by atoms with E-state index in [1.807, 2.05) is 78.9 Å². The number of hydrogen-bond acceptors (Lipinski definition) is 6. The quantitative estimate of drug-likeness (QED) is 0.498. The maximum atomic E-state index is 5.80. The first-order valence-electron chi connectivity index (χ1n) is 8.45. The molecule has 0 atom stereocenters. The summed E-state index contributed by atoms with van der Waals surface area (Å²) in [5.41, 5.74) is 0.901. The molecule has 4 aromatic rings. The topological polar surface area (TPSA) is 72.0 Å². The highest BCUT2D eigenvalue weighted by molar-refractivity contribution is 5.61. The molecule has 4 rings (SSSR count). The zero-order chi connectivity index (χ0) is 18.3. The molecule has 0 aliphatic heterocycles. The highest BCUT2D eigenvalue weighted by Crippen LogP contribution is 2.24. The van der Waals surface area contributed by atoms with Gasteiger partial charge in [-0.25, -0.2) is 15.0 Å². The molecule has 0 bridgehead atoms. The molecule has 132 valence electrons. The Bertz CT molecular complexity index is 992. The Balaban J connectivity index is 1.42. The van der Waals surface area contributed by atoms with Crippen molar-refractivity contribution in [2.45, 2.75) is 0 Å². The molecule has 0 aliphatic rings. The van der Waals surface area contributed by atoms with E-state index in [-0.39, 0.29) is 0 Å². The highest BCUT2D eigenvalue weighted by Gasteiger charge is 2.02. The van der Waals surface area contributed by atoms with E-state index in [1.165, 1.54) is 6.33 Å². The molecule has 2 aromatic carbocycles. The summed E-state index contributed by atoms with van der Waals surface area (Å²) in [5.74, 6) is 3.64. The van der Waals surface area contributed by atoms with Gasteiger partial charge in [0.15, 0.2) is 0 Å². The van der Waals surface area contributed by atoms with Crippen LogP contribution in [-0.4, -0.2) is 15.0 Å². The average molecular weight is 355 g/mol. The predicted octanol–water partition coefficient (Wildman–Crippen LogP) is 5.15. The van der Waals surface area contributed by atoms with Gasteiger partial charge in [-0.1, -0.05) is 24.3 Å². The number of nitrogens with zero attached hydrogens (tertiary/aromatic N) is 3. The van der Waals surface area contributed by atoms with E-state index < -0.39 is 0 Å². The SMILES string of the molecule is c1ccc(Oc2ccc(Nc3cc(Nc4ccccn4)ncn3)cc2)cc1. The Kier molecular flexibility index (Phi) is 4.88. The lowest BCUT2D eigenvalue weighted by atomic mass is 10.3. The fourth-order valence-corrected chi connectivity index (χ4v) is 2.44. The predicted molar refractivity (Wildman–Crippen MR) is 106 cm³/mol. The van der Waals surface area contributed by atoms with Crippen molar-refractivity contribution >= 4 is 23.1 Å². The Hall–Kier alpha value is -3.93. The van der Waals surface area contributed by atoms with Gasteiger partial charge in [0.25, 0.3) is 0 Å². The second-order valence-electron chi connectivity index (χ2n) is 5.69. The molecule has 2 N–H and O–H groups in total. The minimum atomic E-state index is 0.662. The molecule has 0 amide bonds. The summed E-state index contributed by atoms with van der Waals surface area (Å²) < 4.78 is 5.80. The fraction of sp³-hybridized carbons (Fsp3) is 0. The summed E-state index contributed by atoms with van der Waals surface area (Å²) in [6.45, 7) is 0. The second-order valence-corrected chi connectivity index (χ2v) is 5.69. The van der Waals surface area contributed by atoms with Crippen molar-refractivity contribution in [1.82, 2.24) is 15.0 Å². The van der Waals surface area contributed by atoms with Gasteiger partial charge in [-0.3, -0.25) is 0 Å². The largest absolute Gasteiger partial charge is 0.457 e. The third kappa shape index (κ3) is 4.58. The molecule has 0 fully saturated rings. The highest BCUT2D eigenvalue weighted by atomic mass is 16.5. The van der Waals surface area contributed by atoms with E-state index in [0.717, 1.165) is 23.0 Å². The Morgan fingerprint density at radius 1 is 0.593 bits per heavy atom. The molecular weight excluding hydrogens is 338 g/mol. The van der Waals surface area contributed by atoms with Crippen LogP contribution in [0.15, 0.2) is 91.4 Å². The molecule has 0 aliphatic carbocycles. The van der Waals surface area contributed by atoms with Crippen molar-refractivity contribution in [3.05, 3.63) is 91.4 Å². The third-order valence-electron chi connectivity index (χ3n) is 3.69. The number of nitrogens with one attached hydrogen (secondary N) is 2. The molecule has 0 radical (unpaired) electrons. The van der Waals surface area contributed by atoms with Gasteiger partial charge < -0.3 is 15.4 Å². The van der Waals surface area contributed by atoms with Crippen molar-refractivity contribution in [1.29, 1.82) is 0 Å². The summed E-state index contributed by atoms with van der Waals surface area (Å²) in [4.78, 5) is 12.7. The number of hydrogen-bond donors (Lipinski definition) is 2. The third-order valence-corrected chi connectivity index (χ3v) is 3.69. The maximum absolute atomic E-state index is 5.80. The van der Waals surface area contributed by atoms with E-state index in [4.69, 9.17) is 4.74 Å². The first-order valence-corrected chi connectivity index (χ1v) is 8.45. The van der Waals surface area contributed by atoms with Gasteiger partial charge in [0, 0.05) is 18.0 Å². The summed E-state index contributed by atoms with van der Waals surface area (Å²) in [5, 5.41) is 6.40. The number of benzene rings is 2. The first-order chi connectivity index (χ1) is 13.3. The number of rotatable bonds is 6. The van der Waals surface area contributed by atoms with Crippen LogP contribution in [0.4, 0.5) is 23.1 Å². The van der Waals surface area contributed by atoms with Crippen LogP contribution in [0, 0.1) is 0 Å². The summed E-state index contributed by atoms with van der Waals surface area (Å²) >= 11 is 0.